The molecule has 0 aliphatic heterocycles. The second-order valence-corrected chi connectivity index (χ2v) is 4.44. The smallest absolute Gasteiger partial charge is 0.179 e. The molecule has 1 atom stereocenters. The van der Waals surface area contributed by atoms with Crippen LogP contribution in [0, 0.1) is 5.92 Å². The van der Waals surface area contributed by atoms with Gasteiger partial charge in [0, 0.05) is 6.61 Å². The van der Waals surface area contributed by atoms with Crippen molar-refractivity contribution in [1.82, 2.24) is 0 Å². The average Bonchev–Trinajstić information content (AvgIpc) is 2.38. The molecule has 0 aliphatic rings. The van der Waals surface area contributed by atoms with Crippen molar-refractivity contribution < 1.29 is 14.6 Å². The summed E-state index contributed by atoms with van der Waals surface area (Å²) in [6, 6.07) is 3.70. The predicted octanol–water partition coefficient (Wildman–Crippen LogP) is 1.86. The Kier molecular flexibility index (Phi) is 6.25. The first-order valence-electron chi connectivity index (χ1n) is 5.96. The van der Waals surface area contributed by atoms with Crippen molar-refractivity contribution in [1.29, 1.82) is 0 Å². The summed E-state index contributed by atoms with van der Waals surface area (Å²) in [4.78, 5) is 0. The van der Waals surface area contributed by atoms with E-state index < -0.39 is 0 Å². The highest BCUT2D eigenvalue weighted by Crippen LogP contribution is 2.36. The molecule has 3 N–H and O–H groups in total. The third-order valence-electron chi connectivity index (χ3n) is 2.69. The van der Waals surface area contributed by atoms with E-state index in [0.29, 0.717) is 36.1 Å². The number of rotatable bonds is 7. The van der Waals surface area contributed by atoms with Crippen LogP contribution >= 0.6 is 11.6 Å². The lowest BCUT2D eigenvalue weighted by atomic mass is 10.00. The quantitative estimate of drug-likeness (QED) is 0.796. The fraction of sp³-hybridized carbons (Fsp3) is 0.538. The first-order valence-corrected chi connectivity index (χ1v) is 6.34. The molecular formula is C13H20ClNO3. The highest BCUT2D eigenvalue weighted by Gasteiger charge is 2.14. The highest BCUT2D eigenvalue weighted by molar-refractivity contribution is 6.32. The Balaban J connectivity index is 2.98. The lowest BCUT2D eigenvalue weighted by Crippen LogP contribution is -2.20. The van der Waals surface area contributed by atoms with Crippen LogP contribution in [0.25, 0.3) is 0 Å². The van der Waals surface area contributed by atoms with E-state index >= 15 is 0 Å². The molecule has 0 fully saturated rings. The van der Waals surface area contributed by atoms with E-state index in [1.807, 2.05) is 19.1 Å². The minimum atomic E-state index is 0.0312. The van der Waals surface area contributed by atoms with Crippen LogP contribution in [0.2, 0.25) is 5.02 Å². The topological polar surface area (TPSA) is 64.7 Å². The van der Waals surface area contributed by atoms with Crippen LogP contribution in [-0.4, -0.2) is 32.0 Å². The van der Waals surface area contributed by atoms with Crippen molar-refractivity contribution >= 4 is 11.6 Å². The molecule has 5 heteroatoms. The van der Waals surface area contributed by atoms with Gasteiger partial charge in [-0.3, -0.25) is 0 Å². The second-order valence-electron chi connectivity index (χ2n) is 4.03. The molecule has 0 saturated carbocycles. The van der Waals surface area contributed by atoms with Crippen LogP contribution in [-0.2, 0) is 6.42 Å². The number of nitrogens with two attached hydrogens (primary N) is 1. The lowest BCUT2D eigenvalue weighted by molar-refractivity contribution is 0.229. The van der Waals surface area contributed by atoms with Crippen LogP contribution in [0.4, 0.5) is 0 Å². The van der Waals surface area contributed by atoms with E-state index in [0.717, 1.165) is 5.56 Å². The standard InChI is InChI=1S/C13H20ClNO3/c1-3-18-13-11(14)5-9(6-12(13)17-2)4-10(7-15)8-16/h5-6,10,16H,3-4,7-8,15H2,1-2H3. The molecule has 0 aliphatic carbocycles. The van der Waals surface area contributed by atoms with Gasteiger partial charge in [0.1, 0.15) is 0 Å². The Bertz CT molecular complexity index is 381. The van der Waals surface area contributed by atoms with Gasteiger partial charge >= 0.3 is 0 Å². The summed E-state index contributed by atoms with van der Waals surface area (Å²) in [6.45, 7) is 2.91. The highest BCUT2D eigenvalue weighted by atomic mass is 35.5. The van der Waals surface area contributed by atoms with Crippen molar-refractivity contribution in [2.24, 2.45) is 11.7 Å². The first kappa shape index (κ1) is 15.1. The molecule has 1 aromatic rings. The summed E-state index contributed by atoms with van der Waals surface area (Å²) in [7, 11) is 1.57. The van der Waals surface area contributed by atoms with Gasteiger partial charge in [-0.1, -0.05) is 11.6 Å². The van der Waals surface area contributed by atoms with Crippen LogP contribution in [0.5, 0.6) is 11.5 Å². The number of halogens is 1. The molecule has 102 valence electrons. The molecule has 0 radical (unpaired) electrons. The Morgan fingerprint density at radius 3 is 2.67 bits per heavy atom. The van der Waals surface area contributed by atoms with Crippen LogP contribution in [0.1, 0.15) is 12.5 Å². The first-order chi connectivity index (χ1) is 8.65. The van der Waals surface area contributed by atoms with Gasteiger partial charge in [0.05, 0.1) is 18.7 Å². The van der Waals surface area contributed by atoms with E-state index in [4.69, 9.17) is 31.9 Å². The lowest BCUT2D eigenvalue weighted by Gasteiger charge is -2.15. The molecule has 0 saturated heterocycles. The molecule has 18 heavy (non-hydrogen) atoms. The van der Waals surface area contributed by atoms with Gasteiger partial charge in [-0.25, -0.2) is 0 Å². The largest absolute Gasteiger partial charge is 0.493 e. The third kappa shape index (κ3) is 3.77. The Hall–Kier alpha value is -0.970. The van der Waals surface area contributed by atoms with Crippen molar-refractivity contribution in [3.05, 3.63) is 22.7 Å². The zero-order valence-electron chi connectivity index (χ0n) is 10.8. The number of hydrogen-bond donors (Lipinski definition) is 2. The van der Waals surface area contributed by atoms with Crippen molar-refractivity contribution in [3.8, 4) is 11.5 Å². The number of aliphatic hydroxyl groups is 1. The van der Waals surface area contributed by atoms with Gasteiger partial charge in [0.15, 0.2) is 11.5 Å². The summed E-state index contributed by atoms with van der Waals surface area (Å²) >= 11 is 6.16. The van der Waals surface area contributed by atoms with Gasteiger partial charge in [-0.05, 0) is 43.5 Å². The van der Waals surface area contributed by atoms with E-state index in [1.54, 1.807) is 7.11 Å². The van der Waals surface area contributed by atoms with E-state index in [-0.39, 0.29) is 12.5 Å². The van der Waals surface area contributed by atoms with Gasteiger partial charge in [-0.15, -0.1) is 0 Å². The maximum absolute atomic E-state index is 9.15. The number of benzene rings is 1. The molecule has 0 heterocycles. The van der Waals surface area contributed by atoms with Crippen LogP contribution in [0.3, 0.4) is 0 Å². The second kappa shape index (κ2) is 7.46. The maximum atomic E-state index is 9.15. The zero-order chi connectivity index (χ0) is 13.5. The van der Waals surface area contributed by atoms with E-state index in [2.05, 4.69) is 0 Å². The zero-order valence-corrected chi connectivity index (χ0v) is 11.5. The summed E-state index contributed by atoms with van der Waals surface area (Å²) in [5, 5.41) is 9.67. The molecule has 1 aromatic carbocycles. The number of hydrogen-bond acceptors (Lipinski definition) is 4. The summed E-state index contributed by atoms with van der Waals surface area (Å²) in [6.07, 6.45) is 0.662. The summed E-state index contributed by atoms with van der Waals surface area (Å²) in [5.41, 5.74) is 6.55. The molecule has 0 aromatic heterocycles. The normalized spacial score (nSPS) is 12.3. The Morgan fingerprint density at radius 2 is 2.17 bits per heavy atom. The summed E-state index contributed by atoms with van der Waals surface area (Å²) in [5.74, 6) is 1.19. The fourth-order valence-electron chi connectivity index (χ4n) is 1.73. The SMILES string of the molecule is CCOc1c(Cl)cc(CC(CN)CO)cc1OC. The van der Waals surface area contributed by atoms with E-state index in [1.165, 1.54) is 0 Å². The van der Waals surface area contributed by atoms with Gasteiger partial charge in [0.25, 0.3) is 0 Å². The van der Waals surface area contributed by atoms with Gasteiger partial charge in [0.2, 0.25) is 0 Å². The summed E-state index contributed by atoms with van der Waals surface area (Å²) < 4.78 is 10.7. The molecule has 0 spiro atoms. The van der Waals surface area contributed by atoms with Crippen molar-refractivity contribution in [3.63, 3.8) is 0 Å². The predicted molar refractivity (Wildman–Crippen MR) is 72.5 cm³/mol. The van der Waals surface area contributed by atoms with Crippen molar-refractivity contribution in [2.45, 2.75) is 13.3 Å². The molecule has 1 rings (SSSR count). The van der Waals surface area contributed by atoms with Crippen molar-refractivity contribution in [2.75, 3.05) is 26.9 Å². The number of aliphatic hydroxyl groups excluding tert-OH is 1. The Labute approximate surface area is 113 Å². The molecule has 1 unspecified atom stereocenters. The van der Waals surface area contributed by atoms with E-state index in [9.17, 15) is 0 Å². The minimum Gasteiger partial charge on any atom is -0.493 e. The van der Waals surface area contributed by atoms with Gasteiger partial charge < -0.3 is 20.3 Å². The molecule has 4 nitrogen and oxygen atoms in total. The Morgan fingerprint density at radius 1 is 1.44 bits per heavy atom. The fourth-order valence-corrected chi connectivity index (χ4v) is 2.02. The third-order valence-corrected chi connectivity index (χ3v) is 2.97. The average molecular weight is 274 g/mol. The van der Waals surface area contributed by atoms with Gasteiger partial charge in [-0.2, -0.15) is 0 Å². The number of ether oxygens (including phenoxy) is 2. The van der Waals surface area contributed by atoms with Crippen LogP contribution in [0.15, 0.2) is 12.1 Å². The monoisotopic (exact) mass is 273 g/mol. The molecule has 0 bridgehead atoms. The molecule has 0 amide bonds. The maximum Gasteiger partial charge on any atom is 0.179 e. The van der Waals surface area contributed by atoms with Crippen LogP contribution < -0.4 is 15.2 Å². The molecular weight excluding hydrogens is 254 g/mol. The number of methoxy groups -OCH3 is 1. The minimum absolute atomic E-state index is 0.0312.